The third kappa shape index (κ3) is 14.6. The van der Waals surface area contributed by atoms with Crippen molar-refractivity contribution in [2.75, 3.05) is 13.1 Å². The van der Waals surface area contributed by atoms with Crippen molar-refractivity contribution >= 4 is 23.3 Å². The second kappa shape index (κ2) is 20.5. The number of hydrogen-bond donors (Lipinski definition) is 2. The van der Waals surface area contributed by atoms with E-state index in [0.29, 0.717) is 11.5 Å². The zero-order valence-electron chi connectivity index (χ0n) is 22.2. The first-order chi connectivity index (χ1) is 15.7. The maximum Gasteiger partial charge on any atom is 0.225 e. The molecule has 1 amide bonds. The van der Waals surface area contributed by atoms with Crippen LogP contribution in [-0.4, -0.2) is 35.8 Å². The van der Waals surface area contributed by atoms with Crippen LogP contribution in [0.4, 0.5) is 0 Å². The van der Waals surface area contributed by atoms with Gasteiger partial charge in [-0.05, 0) is 52.3 Å². The van der Waals surface area contributed by atoms with Gasteiger partial charge in [-0.3, -0.25) is 9.69 Å². The molecule has 2 rings (SSSR count). The van der Waals surface area contributed by atoms with Crippen LogP contribution in [0.2, 0.25) is 5.02 Å². The summed E-state index contributed by atoms with van der Waals surface area (Å²) in [6, 6.07) is 7.87. The van der Waals surface area contributed by atoms with Crippen molar-refractivity contribution in [1.29, 1.82) is 0 Å². The van der Waals surface area contributed by atoms with Crippen molar-refractivity contribution in [3.63, 3.8) is 0 Å². The van der Waals surface area contributed by atoms with Crippen molar-refractivity contribution in [2.24, 2.45) is 10.7 Å². The Morgan fingerprint density at radius 2 is 1.76 bits per heavy atom. The first-order valence-corrected chi connectivity index (χ1v) is 12.4. The van der Waals surface area contributed by atoms with Gasteiger partial charge in [-0.2, -0.15) is 0 Å². The van der Waals surface area contributed by atoms with Gasteiger partial charge in [0.2, 0.25) is 5.91 Å². The van der Waals surface area contributed by atoms with Gasteiger partial charge in [0, 0.05) is 36.0 Å². The number of unbranched alkanes of at least 4 members (excludes halogenated alkanes) is 1. The molecule has 5 nitrogen and oxygen atoms in total. The van der Waals surface area contributed by atoms with Gasteiger partial charge in [0.05, 0.1) is 6.04 Å². The summed E-state index contributed by atoms with van der Waals surface area (Å²) in [6.07, 6.45) is 6.12. The predicted octanol–water partition coefficient (Wildman–Crippen LogP) is 6.86. The molecule has 188 valence electrons. The summed E-state index contributed by atoms with van der Waals surface area (Å²) in [5.41, 5.74) is 8.57. The number of nitrogens with zero attached hydrogens (tertiary/aromatic N) is 2. The quantitative estimate of drug-likeness (QED) is 0.366. The van der Waals surface area contributed by atoms with Gasteiger partial charge in [0.25, 0.3) is 0 Å². The Labute approximate surface area is 208 Å². The molecule has 0 radical (unpaired) electrons. The van der Waals surface area contributed by atoms with Crippen LogP contribution in [0.15, 0.2) is 53.3 Å². The number of benzene rings is 1. The van der Waals surface area contributed by atoms with Crippen LogP contribution < -0.4 is 11.1 Å². The van der Waals surface area contributed by atoms with E-state index in [1.165, 1.54) is 24.6 Å². The second-order valence-electron chi connectivity index (χ2n) is 7.63. The van der Waals surface area contributed by atoms with Crippen molar-refractivity contribution in [3.05, 3.63) is 58.9 Å². The molecule has 0 aromatic heterocycles. The van der Waals surface area contributed by atoms with Crippen LogP contribution in [-0.2, 0) is 4.79 Å². The summed E-state index contributed by atoms with van der Waals surface area (Å²) < 4.78 is 0. The molecule has 1 atom stereocenters. The van der Waals surface area contributed by atoms with E-state index in [9.17, 15) is 4.79 Å². The summed E-state index contributed by atoms with van der Waals surface area (Å²) in [6.45, 7) is 21.1. The minimum atomic E-state index is -0.0186. The SMILES string of the molecule is C=CN=C(/C(C)=C(\C)N)N(C(C)=O)C1CCCNC1.CC.CCCC.Cc1ccc(Cl)cc1. The second-order valence-corrected chi connectivity index (χ2v) is 8.06. The Hall–Kier alpha value is -2.11. The molecule has 1 aromatic rings. The number of piperidine rings is 1. The zero-order valence-corrected chi connectivity index (χ0v) is 22.9. The Bertz CT molecular complexity index is 693. The lowest BCUT2D eigenvalue weighted by Crippen LogP contribution is -2.51. The van der Waals surface area contributed by atoms with Gasteiger partial charge in [-0.15, -0.1) is 0 Å². The van der Waals surface area contributed by atoms with Gasteiger partial charge in [0.1, 0.15) is 5.84 Å². The minimum Gasteiger partial charge on any atom is -0.402 e. The van der Waals surface area contributed by atoms with Gasteiger partial charge in [0.15, 0.2) is 0 Å². The molecular weight excluding hydrogens is 432 g/mol. The van der Waals surface area contributed by atoms with Crippen LogP contribution in [0, 0.1) is 6.92 Å². The van der Waals surface area contributed by atoms with E-state index < -0.39 is 0 Å². The van der Waals surface area contributed by atoms with Crippen molar-refractivity contribution in [1.82, 2.24) is 10.2 Å². The van der Waals surface area contributed by atoms with E-state index in [1.807, 2.05) is 58.9 Å². The van der Waals surface area contributed by atoms with E-state index in [1.54, 1.807) is 11.8 Å². The number of aliphatic imine (C=N–C) groups is 1. The predicted molar refractivity (Wildman–Crippen MR) is 147 cm³/mol. The number of carbonyl (C=O) groups excluding carboxylic acids is 1. The molecule has 1 fully saturated rings. The summed E-state index contributed by atoms with van der Waals surface area (Å²) in [4.78, 5) is 18.0. The van der Waals surface area contributed by atoms with Gasteiger partial charge in [-0.1, -0.05) is 76.4 Å². The molecule has 0 aliphatic carbocycles. The fraction of sp³-hybridized carbons (Fsp3) is 0.556. The van der Waals surface area contributed by atoms with E-state index in [4.69, 9.17) is 17.3 Å². The number of nitrogens with one attached hydrogen (secondary N) is 1. The lowest BCUT2D eigenvalue weighted by molar-refractivity contribution is -0.126. The highest BCUT2D eigenvalue weighted by Gasteiger charge is 2.28. The normalized spacial score (nSPS) is 15.8. The highest BCUT2D eigenvalue weighted by atomic mass is 35.5. The topological polar surface area (TPSA) is 70.7 Å². The maximum absolute atomic E-state index is 12.0. The fourth-order valence-corrected chi connectivity index (χ4v) is 2.89. The summed E-state index contributed by atoms with van der Waals surface area (Å²) in [5, 5.41) is 4.11. The average Bonchev–Trinajstić information content (AvgIpc) is 2.82. The van der Waals surface area contributed by atoms with Crippen molar-refractivity contribution < 1.29 is 4.79 Å². The summed E-state index contributed by atoms with van der Waals surface area (Å²) in [7, 11) is 0. The number of rotatable bonds is 4. The van der Waals surface area contributed by atoms with Crippen LogP contribution in [0.1, 0.15) is 79.7 Å². The molecule has 1 saturated heterocycles. The van der Waals surface area contributed by atoms with Crippen molar-refractivity contribution in [2.45, 2.75) is 87.1 Å². The third-order valence-corrected chi connectivity index (χ3v) is 5.11. The molecule has 3 N–H and O–H groups in total. The largest absolute Gasteiger partial charge is 0.402 e. The first kappa shape index (κ1) is 33.1. The summed E-state index contributed by atoms with van der Waals surface area (Å²) in [5.74, 6) is 0.589. The van der Waals surface area contributed by atoms with E-state index >= 15 is 0 Å². The number of allylic oxidation sites excluding steroid dienone is 1. The van der Waals surface area contributed by atoms with Crippen LogP contribution >= 0.6 is 11.6 Å². The molecule has 6 heteroatoms. The Morgan fingerprint density at radius 1 is 1.21 bits per heavy atom. The number of hydrogen-bond acceptors (Lipinski definition) is 4. The number of amides is 1. The monoisotopic (exact) mass is 478 g/mol. The fourth-order valence-electron chi connectivity index (χ4n) is 2.77. The van der Waals surface area contributed by atoms with Crippen LogP contribution in [0.3, 0.4) is 0 Å². The van der Waals surface area contributed by atoms with E-state index in [0.717, 1.165) is 36.5 Å². The number of carbonyl (C=O) groups is 1. The molecule has 1 aromatic carbocycles. The molecular formula is C27H47ClN4O. The highest BCUT2D eigenvalue weighted by molar-refractivity contribution is 6.30. The maximum atomic E-state index is 12.0. The molecule has 0 spiro atoms. The molecule has 0 bridgehead atoms. The standard InChI is InChI=1S/C14H24N4O.C7H7Cl.C4H10.C2H6/c1-5-17-14(10(2)11(3)15)18(12(4)19)13-7-6-8-16-9-13;1-6-2-4-7(8)5-3-6;1-3-4-2;1-2/h5,13,16H,1,6-9,15H2,2-4H3;2-5H,1H3;3-4H2,1-2H3;1-2H3/b11-10+,17-14?;;;. The molecule has 0 saturated carbocycles. The summed E-state index contributed by atoms with van der Waals surface area (Å²) >= 11 is 5.61. The number of amidine groups is 1. The Morgan fingerprint density at radius 3 is 2.09 bits per heavy atom. The molecule has 1 aliphatic heterocycles. The zero-order chi connectivity index (χ0) is 25.8. The molecule has 1 heterocycles. The van der Waals surface area contributed by atoms with Crippen LogP contribution in [0.25, 0.3) is 0 Å². The Balaban J connectivity index is 0. The smallest absolute Gasteiger partial charge is 0.225 e. The van der Waals surface area contributed by atoms with Gasteiger partial charge in [-0.25, -0.2) is 4.99 Å². The lowest BCUT2D eigenvalue weighted by atomic mass is 10.0. The van der Waals surface area contributed by atoms with Crippen molar-refractivity contribution in [3.8, 4) is 0 Å². The third-order valence-electron chi connectivity index (χ3n) is 4.85. The molecule has 1 aliphatic rings. The number of nitrogens with two attached hydrogens (primary N) is 1. The highest BCUT2D eigenvalue weighted by Crippen LogP contribution is 2.16. The molecule has 1 unspecified atom stereocenters. The van der Waals surface area contributed by atoms with E-state index in [-0.39, 0.29) is 11.9 Å². The molecule has 33 heavy (non-hydrogen) atoms. The van der Waals surface area contributed by atoms with Gasteiger partial charge < -0.3 is 11.1 Å². The van der Waals surface area contributed by atoms with E-state index in [2.05, 4.69) is 30.7 Å². The number of aryl methyl sites for hydroxylation is 1. The van der Waals surface area contributed by atoms with Gasteiger partial charge >= 0.3 is 0 Å². The lowest BCUT2D eigenvalue weighted by Gasteiger charge is -2.35. The average molecular weight is 479 g/mol. The number of halogens is 1. The minimum absolute atomic E-state index is 0.0186. The van der Waals surface area contributed by atoms with Crippen LogP contribution in [0.5, 0.6) is 0 Å². The Kier molecular flexibility index (Phi) is 20.5. The first-order valence-electron chi connectivity index (χ1n) is 12.0.